The molecule has 3 nitrogen and oxygen atoms in total. The van der Waals surface area contributed by atoms with E-state index in [0.717, 1.165) is 27.6 Å². The van der Waals surface area contributed by atoms with Crippen LogP contribution in [0.4, 0.5) is 0 Å². The highest BCUT2D eigenvalue weighted by Gasteiger charge is 2.11. The van der Waals surface area contributed by atoms with E-state index in [9.17, 15) is 0 Å². The lowest BCUT2D eigenvalue weighted by Gasteiger charge is -2.11. The van der Waals surface area contributed by atoms with Crippen molar-refractivity contribution in [3.8, 4) is 0 Å². The first kappa shape index (κ1) is 13.0. The number of pyridine rings is 1. The second-order valence-corrected chi connectivity index (χ2v) is 4.97. The van der Waals surface area contributed by atoms with Crippen molar-refractivity contribution < 1.29 is 0 Å². The number of hydrogen-bond donors (Lipinski definition) is 2. The maximum absolute atomic E-state index is 7.59. The van der Waals surface area contributed by atoms with Crippen molar-refractivity contribution in [3.05, 3.63) is 23.0 Å². The van der Waals surface area contributed by atoms with Crippen molar-refractivity contribution in [2.45, 2.75) is 38.5 Å². The van der Waals surface area contributed by atoms with Gasteiger partial charge in [-0.1, -0.05) is 13.3 Å². The largest absolute Gasteiger partial charge is 0.384 e. The number of nitrogens with two attached hydrogens (primary N) is 1. The van der Waals surface area contributed by atoms with Gasteiger partial charge in [-0.2, -0.15) is 0 Å². The van der Waals surface area contributed by atoms with Gasteiger partial charge in [0.05, 0.1) is 5.56 Å². The molecule has 1 heterocycles. The van der Waals surface area contributed by atoms with Gasteiger partial charge in [0.2, 0.25) is 0 Å². The standard InChI is InChI=1S/C12H19N3S/c1-4-5-6-16-10-7-8(2)15-9(3)11(10)12(13)14/h7H,4-6H2,1-3H3,(H3,13,14). The second-order valence-electron chi connectivity index (χ2n) is 3.84. The van der Waals surface area contributed by atoms with Crippen LogP contribution in [0.3, 0.4) is 0 Å². The molecule has 1 rings (SSSR count). The molecular weight excluding hydrogens is 218 g/mol. The molecule has 0 atom stereocenters. The Morgan fingerprint density at radius 3 is 2.75 bits per heavy atom. The molecule has 0 saturated heterocycles. The van der Waals surface area contributed by atoms with Gasteiger partial charge in [0.15, 0.2) is 0 Å². The number of aryl methyl sites for hydroxylation is 2. The van der Waals surface area contributed by atoms with Gasteiger partial charge < -0.3 is 5.73 Å². The van der Waals surface area contributed by atoms with Crippen molar-refractivity contribution in [1.29, 1.82) is 5.41 Å². The Morgan fingerprint density at radius 1 is 1.50 bits per heavy atom. The summed E-state index contributed by atoms with van der Waals surface area (Å²) in [6.45, 7) is 6.06. The summed E-state index contributed by atoms with van der Waals surface area (Å²) >= 11 is 1.77. The first-order valence-corrected chi connectivity index (χ1v) is 6.50. The molecule has 0 aromatic carbocycles. The molecule has 0 aliphatic rings. The normalized spacial score (nSPS) is 10.4. The van der Waals surface area contributed by atoms with E-state index in [0.29, 0.717) is 0 Å². The highest BCUT2D eigenvalue weighted by atomic mass is 32.2. The molecule has 0 aliphatic carbocycles. The van der Waals surface area contributed by atoms with Crippen LogP contribution in [0.25, 0.3) is 0 Å². The zero-order valence-corrected chi connectivity index (χ0v) is 10.9. The van der Waals surface area contributed by atoms with Crippen LogP contribution in [0.5, 0.6) is 0 Å². The Morgan fingerprint density at radius 2 is 2.19 bits per heavy atom. The molecule has 0 bridgehead atoms. The topological polar surface area (TPSA) is 62.8 Å². The third kappa shape index (κ3) is 3.23. The van der Waals surface area contributed by atoms with Crippen LogP contribution in [0.15, 0.2) is 11.0 Å². The maximum atomic E-state index is 7.59. The molecule has 3 N–H and O–H groups in total. The molecule has 0 fully saturated rings. The van der Waals surface area contributed by atoms with Crippen LogP contribution < -0.4 is 5.73 Å². The maximum Gasteiger partial charge on any atom is 0.125 e. The quantitative estimate of drug-likeness (QED) is 0.358. The smallest absolute Gasteiger partial charge is 0.125 e. The fraction of sp³-hybridized carbons (Fsp3) is 0.500. The summed E-state index contributed by atoms with van der Waals surface area (Å²) < 4.78 is 0. The SMILES string of the molecule is CCCCSc1cc(C)nc(C)c1C(=N)N. The van der Waals surface area contributed by atoms with E-state index in [1.54, 1.807) is 11.8 Å². The third-order valence-electron chi connectivity index (χ3n) is 2.32. The van der Waals surface area contributed by atoms with Gasteiger partial charge in [0, 0.05) is 16.3 Å². The molecule has 4 heteroatoms. The highest BCUT2D eigenvalue weighted by molar-refractivity contribution is 7.99. The number of aromatic nitrogens is 1. The molecule has 16 heavy (non-hydrogen) atoms. The molecule has 0 radical (unpaired) electrons. The Balaban J connectivity index is 2.99. The van der Waals surface area contributed by atoms with Gasteiger partial charge in [-0.05, 0) is 32.1 Å². The third-order valence-corrected chi connectivity index (χ3v) is 3.44. The predicted octanol–water partition coefficient (Wildman–Crippen LogP) is 2.87. The molecule has 0 spiro atoms. The lowest BCUT2D eigenvalue weighted by atomic mass is 10.1. The summed E-state index contributed by atoms with van der Waals surface area (Å²) in [5, 5.41) is 7.59. The predicted molar refractivity (Wildman–Crippen MR) is 70.4 cm³/mol. The molecule has 0 saturated carbocycles. The summed E-state index contributed by atoms with van der Waals surface area (Å²) in [5.41, 5.74) is 8.24. The van der Waals surface area contributed by atoms with Crippen LogP contribution >= 0.6 is 11.8 Å². The Labute approximate surface area is 101 Å². The fourth-order valence-electron chi connectivity index (χ4n) is 1.56. The number of thioether (sulfide) groups is 1. The summed E-state index contributed by atoms with van der Waals surface area (Å²) in [5.74, 6) is 1.18. The van der Waals surface area contributed by atoms with E-state index >= 15 is 0 Å². The van der Waals surface area contributed by atoms with Gasteiger partial charge in [-0.15, -0.1) is 11.8 Å². The Kier molecular flexibility index (Phi) is 4.80. The molecule has 1 aromatic rings. The van der Waals surface area contributed by atoms with Crippen molar-refractivity contribution in [2.75, 3.05) is 5.75 Å². The van der Waals surface area contributed by atoms with E-state index in [2.05, 4.69) is 11.9 Å². The number of rotatable bonds is 5. The van der Waals surface area contributed by atoms with Gasteiger partial charge in [-0.3, -0.25) is 10.4 Å². The van der Waals surface area contributed by atoms with E-state index in [1.807, 2.05) is 19.9 Å². The van der Waals surface area contributed by atoms with Crippen molar-refractivity contribution in [3.63, 3.8) is 0 Å². The molecule has 0 aliphatic heterocycles. The van der Waals surface area contributed by atoms with Crippen LogP contribution in [0.2, 0.25) is 0 Å². The van der Waals surface area contributed by atoms with Crippen molar-refractivity contribution >= 4 is 17.6 Å². The lowest BCUT2D eigenvalue weighted by molar-refractivity contribution is 0.895. The minimum Gasteiger partial charge on any atom is -0.384 e. The lowest BCUT2D eigenvalue weighted by Crippen LogP contribution is -2.15. The van der Waals surface area contributed by atoms with Crippen LogP contribution in [0, 0.1) is 19.3 Å². The zero-order valence-electron chi connectivity index (χ0n) is 10.1. The molecule has 0 unspecified atom stereocenters. The number of unbranched alkanes of at least 4 members (excludes halogenated alkanes) is 1. The monoisotopic (exact) mass is 237 g/mol. The van der Waals surface area contributed by atoms with Gasteiger partial charge in [-0.25, -0.2) is 0 Å². The Hall–Kier alpha value is -1.03. The number of amidine groups is 1. The summed E-state index contributed by atoms with van der Waals surface area (Å²) in [6.07, 6.45) is 2.37. The van der Waals surface area contributed by atoms with Gasteiger partial charge >= 0.3 is 0 Å². The first-order valence-electron chi connectivity index (χ1n) is 5.51. The molecule has 0 amide bonds. The summed E-state index contributed by atoms with van der Waals surface area (Å²) in [4.78, 5) is 5.44. The van der Waals surface area contributed by atoms with Crippen molar-refractivity contribution in [1.82, 2.24) is 4.98 Å². The van der Waals surface area contributed by atoms with E-state index < -0.39 is 0 Å². The Bertz CT molecular complexity index is 388. The van der Waals surface area contributed by atoms with Crippen LogP contribution in [-0.2, 0) is 0 Å². The minimum atomic E-state index is 0.115. The second kappa shape index (κ2) is 5.89. The number of nitrogen functional groups attached to an aromatic ring is 1. The average molecular weight is 237 g/mol. The summed E-state index contributed by atoms with van der Waals surface area (Å²) in [6, 6.07) is 2.02. The van der Waals surface area contributed by atoms with E-state index in [4.69, 9.17) is 11.1 Å². The number of nitrogens with one attached hydrogen (secondary N) is 1. The minimum absolute atomic E-state index is 0.115. The number of nitrogens with zero attached hydrogens (tertiary/aromatic N) is 1. The average Bonchev–Trinajstić information content (AvgIpc) is 2.16. The number of hydrogen-bond acceptors (Lipinski definition) is 3. The first-order chi connectivity index (χ1) is 7.56. The van der Waals surface area contributed by atoms with Crippen LogP contribution in [-0.4, -0.2) is 16.6 Å². The zero-order chi connectivity index (χ0) is 12.1. The van der Waals surface area contributed by atoms with Gasteiger partial charge in [0.1, 0.15) is 5.84 Å². The highest BCUT2D eigenvalue weighted by Crippen LogP contribution is 2.26. The van der Waals surface area contributed by atoms with E-state index in [1.165, 1.54) is 12.8 Å². The van der Waals surface area contributed by atoms with Crippen LogP contribution in [0.1, 0.15) is 36.7 Å². The molecule has 1 aromatic heterocycles. The summed E-state index contributed by atoms with van der Waals surface area (Å²) in [7, 11) is 0. The van der Waals surface area contributed by atoms with E-state index in [-0.39, 0.29) is 5.84 Å². The molecule has 88 valence electrons. The van der Waals surface area contributed by atoms with Gasteiger partial charge in [0.25, 0.3) is 0 Å². The fourth-order valence-corrected chi connectivity index (χ4v) is 2.87. The van der Waals surface area contributed by atoms with Crippen molar-refractivity contribution in [2.24, 2.45) is 5.73 Å². The molecular formula is C12H19N3S.